The third kappa shape index (κ3) is 5.48. The predicted molar refractivity (Wildman–Crippen MR) is 101 cm³/mol. The van der Waals surface area contributed by atoms with Crippen molar-refractivity contribution in [1.82, 2.24) is 9.88 Å². The van der Waals surface area contributed by atoms with Crippen molar-refractivity contribution in [1.29, 1.82) is 0 Å². The topological polar surface area (TPSA) is 41.3 Å². The number of aromatic nitrogens is 1. The molecular weight excluding hydrogens is 355 g/mol. The Labute approximate surface area is 158 Å². The zero-order valence-corrected chi connectivity index (χ0v) is 16.6. The Bertz CT molecular complexity index is 739. The van der Waals surface area contributed by atoms with E-state index < -0.39 is 11.9 Å². The van der Waals surface area contributed by atoms with Crippen LogP contribution in [0.2, 0.25) is 0 Å². The highest BCUT2D eigenvalue weighted by Crippen LogP contribution is 2.35. The summed E-state index contributed by atoms with van der Waals surface area (Å²) in [6.45, 7) is 11.3. The first-order chi connectivity index (χ1) is 12.7. The molecular formula is C20H28F3N3O. The molecule has 1 heterocycles. The highest BCUT2D eigenvalue weighted by atomic mass is 19.4. The molecule has 0 spiro atoms. The quantitative estimate of drug-likeness (QED) is 0.608. The lowest BCUT2D eigenvalue weighted by Crippen LogP contribution is -2.26. The molecule has 4 nitrogen and oxygen atoms in total. The molecule has 0 radical (unpaired) electrons. The lowest BCUT2D eigenvalue weighted by Gasteiger charge is -2.20. The number of halogens is 3. The van der Waals surface area contributed by atoms with E-state index in [1.54, 1.807) is 0 Å². The molecule has 1 aromatic heterocycles. The average molecular weight is 383 g/mol. The molecule has 0 fully saturated rings. The number of nitrogens with one attached hydrogen (secondary N) is 1. The third-order valence-corrected chi connectivity index (χ3v) is 4.32. The first-order valence-electron chi connectivity index (χ1n) is 9.29. The zero-order chi connectivity index (χ0) is 20.2. The molecule has 1 N–H and O–H groups in total. The van der Waals surface area contributed by atoms with Crippen molar-refractivity contribution in [2.24, 2.45) is 0 Å². The number of hydrogen-bond acceptors (Lipinski definition) is 4. The standard InChI is InChI=1S/C20H28F3N3O/c1-6-8-26(9-7-2)12-16-18(20(21,22)23)25-19(27-16)24-17-14(4)10-13(3)11-15(17)5/h10-11H,6-9,12H2,1-5H3,(H,24,25). The molecule has 150 valence electrons. The highest BCUT2D eigenvalue weighted by Gasteiger charge is 2.39. The second-order valence-corrected chi connectivity index (χ2v) is 6.96. The van der Waals surface area contributed by atoms with Gasteiger partial charge in [-0.05, 0) is 57.8 Å². The van der Waals surface area contributed by atoms with Crippen LogP contribution < -0.4 is 5.32 Å². The van der Waals surface area contributed by atoms with Crippen molar-refractivity contribution in [3.63, 3.8) is 0 Å². The van der Waals surface area contributed by atoms with Crippen LogP contribution in [-0.4, -0.2) is 23.0 Å². The van der Waals surface area contributed by atoms with E-state index in [1.165, 1.54) is 0 Å². The fourth-order valence-corrected chi connectivity index (χ4v) is 3.32. The number of rotatable bonds is 8. The second-order valence-electron chi connectivity index (χ2n) is 6.96. The van der Waals surface area contributed by atoms with Gasteiger partial charge in [0.25, 0.3) is 6.01 Å². The second kappa shape index (κ2) is 8.78. The number of nitrogens with zero attached hydrogens (tertiary/aromatic N) is 2. The van der Waals surface area contributed by atoms with Crippen molar-refractivity contribution in [2.75, 3.05) is 18.4 Å². The third-order valence-electron chi connectivity index (χ3n) is 4.32. The van der Waals surface area contributed by atoms with E-state index in [2.05, 4.69) is 10.3 Å². The molecule has 7 heteroatoms. The smallest absolute Gasteiger partial charge is 0.426 e. The van der Waals surface area contributed by atoms with Crippen LogP contribution in [0.15, 0.2) is 16.5 Å². The number of hydrogen-bond donors (Lipinski definition) is 1. The molecule has 0 aliphatic heterocycles. The molecule has 0 saturated heterocycles. The van der Waals surface area contributed by atoms with Crippen LogP contribution in [0.4, 0.5) is 24.9 Å². The first kappa shape index (κ1) is 21.3. The number of benzene rings is 1. The van der Waals surface area contributed by atoms with Gasteiger partial charge in [-0.15, -0.1) is 0 Å². The molecule has 0 aliphatic carbocycles. The predicted octanol–water partition coefficient (Wildman–Crippen LogP) is 5.98. The lowest BCUT2D eigenvalue weighted by molar-refractivity contribution is -0.142. The van der Waals surface area contributed by atoms with Gasteiger partial charge >= 0.3 is 6.18 Å². The first-order valence-corrected chi connectivity index (χ1v) is 9.29. The molecule has 1 aromatic carbocycles. The summed E-state index contributed by atoms with van der Waals surface area (Å²) < 4.78 is 45.9. The fourth-order valence-electron chi connectivity index (χ4n) is 3.32. The number of aryl methyl sites for hydroxylation is 3. The van der Waals surface area contributed by atoms with Gasteiger partial charge in [0.1, 0.15) is 0 Å². The van der Waals surface area contributed by atoms with E-state index in [-0.39, 0.29) is 18.3 Å². The largest absolute Gasteiger partial charge is 0.436 e. The minimum atomic E-state index is -4.56. The number of oxazole rings is 1. The molecule has 0 bridgehead atoms. The monoisotopic (exact) mass is 383 g/mol. The van der Waals surface area contributed by atoms with Gasteiger partial charge in [-0.25, -0.2) is 0 Å². The number of anilines is 2. The summed E-state index contributed by atoms with van der Waals surface area (Å²) in [4.78, 5) is 5.69. The minimum Gasteiger partial charge on any atom is -0.426 e. The zero-order valence-electron chi connectivity index (χ0n) is 16.6. The van der Waals surface area contributed by atoms with Gasteiger partial charge in [-0.1, -0.05) is 31.5 Å². The lowest BCUT2D eigenvalue weighted by atomic mass is 10.1. The van der Waals surface area contributed by atoms with Gasteiger partial charge in [0.2, 0.25) is 0 Å². The summed E-state index contributed by atoms with van der Waals surface area (Å²) in [6, 6.07) is 3.81. The van der Waals surface area contributed by atoms with Crippen LogP contribution in [0.25, 0.3) is 0 Å². The normalized spacial score (nSPS) is 12.0. The molecule has 0 amide bonds. The summed E-state index contributed by atoms with van der Waals surface area (Å²) in [6.07, 6.45) is -2.83. The summed E-state index contributed by atoms with van der Waals surface area (Å²) >= 11 is 0. The van der Waals surface area contributed by atoms with Crippen LogP contribution in [0, 0.1) is 20.8 Å². The molecule has 2 aromatic rings. The Hall–Kier alpha value is -2.02. The fraction of sp³-hybridized carbons (Fsp3) is 0.550. The molecule has 27 heavy (non-hydrogen) atoms. The van der Waals surface area contributed by atoms with Gasteiger partial charge < -0.3 is 9.73 Å². The maximum Gasteiger partial charge on any atom is 0.436 e. The molecule has 0 aliphatic rings. The van der Waals surface area contributed by atoms with Crippen molar-refractivity contribution in [2.45, 2.75) is 60.2 Å². The summed E-state index contributed by atoms with van der Waals surface area (Å²) in [7, 11) is 0. The summed E-state index contributed by atoms with van der Waals surface area (Å²) in [5, 5.41) is 2.94. The van der Waals surface area contributed by atoms with E-state index in [9.17, 15) is 13.2 Å². The Morgan fingerprint density at radius 3 is 2.07 bits per heavy atom. The van der Waals surface area contributed by atoms with Crippen LogP contribution in [0.5, 0.6) is 0 Å². The Morgan fingerprint density at radius 1 is 1.04 bits per heavy atom. The van der Waals surface area contributed by atoms with Crippen LogP contribution in [-0.2, 0) is 12.7 Å². The molecule has 0 saturated carbocycles. The number of alkyl halides is 3. The van der Waals surface area contributed by atoms with Crippen LogP contribution in [0.1, 0.15) is 54.8 Å². The molecule has 0 unspecified atom stereocenters. The van der Waals surface area contributed by atoms with Crippen molar-refractivity contribution < 1.29 is 17.6 Å². The van der Waals surface area contributed by atoms with Gasteiger partial charge in [-0.2, -0.15) is 18.2 Å². The van der Waals surface area contributed by atoms with Gasteiger partial charge in [0.15, 0.2) is 11.5 Å². The summed E-state index contributed by atoms with van der Waals surface area (Å²) in [5.41, 5.74) is 2.72. The van der Waals surface area contributed by atoms with E-state index in [0.29, 0.717) is 13.1 Å². The molecule has 2 rings (SSSR count). The van der Waals surface area contributed by atoms with Crippen molar-refractivity contribution >= 4 is 11.7 Å². The van der Waals surface area contributed by atoms with Crippen LogP contribution in [0.3, 0.4) is 0 Å². The van der Waals surface area contributed by atoms with E-state index in [4.69, 9.17) is 4.42 Å². The van der Waals surface area contributed by atoms with E-state index in [0.717, 1.165) is 35.2 Å². The SMILES string of the molecule is CCCN(CCC)Cc1oc(Nc2c(C)cc(C)cc2C)nc1C(F)(F)F. The Balaban J connectivity index is 2.35. The average Bonchev–Trinajstić information content (AvgIpc) is 2.94. The van der Waals surface area contributed by atoms with Gasteiger partial charge in [-0.3, -0.25) is 4.90 Å². The maximum atomic E-state index is 13.5. The Morgan fingerprint density at radius 2 is 1.59 bits per heavy atom. The van der Waals surface area contributed by atoms with Crippen LogP contribution >= 0.6 is 0 Å². The van der Waals surface area contributed by atoms with E-state index >= 15 is 0 Å². The summed E-state index contributed by atoms with van der Waals surface area (Å²) in [5.74, 6) is -0.144. The minimum absolute atomic E-state index is 0.0943. The highest BCUT2D eigenvalue weighted by molar-refractivity contribution is 5.63. The van der Waals surface area contributed by atoms with E-state index in [1.807, 2.05) is 51.7 Å². The Kier molecular flexibility index (Phi) is 6.92. The molecule has 0 atom stereocenters. The maximum absolute atomic E-state index is 13.5. The van der Waals surface area contributed by atoms with Crippen molar-refractivity contribution in [3.05, 3.63) is 40.3 Å². The van der Waals surface area contributed by atoms with Crippen molar-refractivity contribution in [3.8, 4) is 0 Å². The van der Waals surface area contributed by atoms with Gasteiger partial charge in [0.05, 0.1) is 6.54 Å². The van der Waals surface area contributed by atoms with Gasteiger partial charge in [0, 0.05) is 5.69 Å².